The molecule has 0 amide bonds. The zero-order valence-electron chi connectivity index (χ0n) is 11.0. The van der Waals surface area contributed by atoms with Crippen LogP contribution < -0.4 is 10.5 Å². The van der Waals surface area contributed by atoms with Crippen LogP contribution in [0.25, 0.3) is 11.0 Å². The molecular weight excluding hydrogens is 257 g/mol. The van der Waals surface area contributed by atoms with Gasteiger partial charge >= 0.3 is 0 Å². The van der Waals surface area contributed by atoms with Gasteiger partial charge in [0.1, 0.15) is 22.9 Å². The van der Waals surface area contributed by atoms with Gasteiger partial charge in [0.2, 0.25) is 0 Å². The zero-order chi connectivity index (χ0) is 14.1. The van der Waals surface area contributed by atoms with Gasteiger partial charge in [-0.15, -0.1) is 0 Å². The van der Waals surface area contributed by atoms with E-state index >= 15 is 0 Å². The number of ether oxygens (including phenoxy) is 1. The minimum Gasteiger partial charge on any atom is -0.497 e. The molecule has 0 aliphatic carbocycles. The van der Waals surface area contributed by atoms with Crippen molar-refractivity contribution in [3.8, 4) is 5.75 Å². The molecule has 0 aliphatic rings. The Hall–Kier alpha value is -2.33. The van der Waals surface area contributed by atoms with Crippen LogP contribution in [0.2, 0.25) is 0 Å². The van der Waals surface area contributed by atoms with E-state index in [1.165, 1.54) is 12.1 Å². The number of furan rings is 1. The molecule has 20 heavy (non-hydrogen) atoms. The van der Waals surface area contributed by atoms with Crippen LogP contribution >= 0.6 is 0 Å². The van der Waals surface area contributed by atoms with E-state index in [4.69, 9.17) is 14.9 Å². The van der Waals surface area contributed by atoms with E-state index in [1.807, 2.05) is 18.2 Å². The number of hydrogen-bond acceptors (Lipinski definition) is 3. The summed E-state index contributed by atoms with van der Waals surface area (Å²) in [5.41, 5.74) is 7.50. The fraction of sp³-hybridized carbons (Fsp3) is 0.125. The summed E-state index contributed by atoms with van der Waals surface area (Å²) in [5, 5.41) is 0.938. The molecule has 0 bridgehead atoms. The summed E-state index contributed by atoms with van der Waals surface area (Å²) < 4.78 is 24.1. The number of nitrogens with two attached hydrogens (primary N) is 1. The van der Waals surface area contributed by atoms with E-state index in [9.17, 15) is 4.39 Å². The molecule has 1 heterocycles. The fourth-order valence-corrected chi connectivity index (χ4v) is 2.18. The minimum absolute atomic E-state index is 0.310. The van der Waals surface area contributed by atoms with Crippen molar-refractivity contribution in [1.82, 2.24) is 0 Å². The molecule has 4 heteroatoms. The van der Waals surface area contributed by atoms with Crippen molar-refractivity contribution in [2.75, 3.05) is 7.11 Å². The SMILES string of the molecule is COc1ccc2cc(C(N)c3cccc(F)c3)oc2c1. The summed E-state index contributed by atoms with van der Waals surface area (Å²) >= 11 is 0. The van der Waals surface area contributed by atoms with Crippen molar-refractivity contribution >= 4 is 11.0 Å². The molecule has 0 saturated heterocycles. The predicted octanol–water partition coefficient (Wildman–Crippen LogP) is 3.63. The molecule has 1 unspecified atom stereocenters. The normalized spacial score (nSPS) is 12.6. The molecule has 1 aromatic heterocycles. The number of rotatable bonds is 3. The molecule has 0 fully saturated rings. The first kappa shape index (κ1) is 12.7. The van der Waals surface area contributed by atoms with Gasteiger partial charge in [0.25, 0.3) is 0 Å². The van der Waals surface area contributed by atoms with Crippen LogP contribution in [0, 0.1) is 5.82 Å². The smallest absolute Gasteiger partial charge is 0.138 e. The van der Waals surface area contributed by atoms with E-state index in [-0.39, 0.29) is 5.82 Å². The maximum absolute atomic E-state index is 13.2. The highest BCUT2D eigenvalue weighted by Crippen LogP contribution is 2.29. The lowest BCUT2D eigenvalue weighted by Crippen LogP contribution is -2.10. The van der Waals surface area contributed by atoms with Crippen LogP contribution in [-0.2, 0) is 0 Å². The van der Waals surface area contributed by atoms with Gasteiger partial charge in [-0.2, -0.15) is 0 Å². The fourth-order valence-electron chi connectivity index (χ4n) is 2.18. The number of benzene rings is 2. The summed E-state index contributed by atoms with van der Waals surface area (Å²) in [5.74, 6) is 1.01. The second-order valence-corrected chi connectivity index (χ2v) is 4.59. The molecule has 3 nitrogen and oxygen atoms in total. The molecule has 0 saturated carbocycles. The molecule has 102 valence electrons. The van der Waals surface area contributed by atoms with Gasteiger partial charge in [-0.1, -0.05) is 12.1 Å². The third-order valence-corrected chi connectivity index (χ3v) is 3.26. The number of hydrogen-bond donors (Lipinski definition) is 1. The maximum Gasteiger partial charge on any atom is 0.138 e. The molecule has 3 aromatic rings. The van der Waals surface area contributed by atoms with Crippen LogP contribution in [-0.4, -0.2) is 7.11 Å². The molecule has 2 N–H and O–H groups in total. The Labute approximate surface area is 115 Å². The Bertz CT molecular complexity index is 751. The highest BCUT2D eigenvalue weighted by Gasteiger charge is 2.15. The van der Waals surface area contributed by atoms with Crippen molar-refractivity contribution in [2.45, 2.75) is 6.04 Å². The number of methoxy groups -OCH3 is 1. The van der Waals surface area contributed by atoms with Gasteiger partial charge in [0.15, 0.2) is 0 Å². The zero-order valence-corrected chi connectivity index (χ0v) is 11.0. The molecule has 3 rings (SSSR count). The van der Waals surface area contributed by atoms with E-state index in [0.717, 1.165) is 11.1 Å². The first-order valence-corrected chi connectivity index (χ1v) is 6.26. The van der Waals surface area contributed by atoms with E-state index in [2.05, 4.69) is 0 Å². The van der Waals surface area contributed by atoms with E-state index < -0.39 is 6.04 Å². The van der Waals surface area contributed by atoms with E-state index in [0.29, 0.717) is 16.9 Å². The lowest BCUT2D eigenvalue weighted by molar-refractivity contribution is 0.414. The van der Waals surface area contributed by atoms with Gasteiger partial charge in [-0.25, -0.2) is 4.39 Å². The van der Waals surface area contributed by atoms with Gasteiger partial charge < -0.3 is 14.9 Å². The number of halogens is 1. The molecule has 0 spiro atoms. The average molecular weight is 271 g/mol. The van der Waals surface area contributed by atoms with Crippen LogP contribution in [0.1, 0.15) is 17.4 Å². The minimum atomic E-state index is -0.496. The van der Waals surface area contributed by atoms with Crippen LogP contribution in [0.4, 0.5) is 4.39 Å². The quantitative estimate of drug-likeness (QED) is 0.791. The monoisotopic (exact) mass is 271 g/mol. The van der Waals surface area contributed by atoms with Crippen molar-refractivity contribution in [2.24, 2.45) is 5.73 Å². The largest absolute Gasteiger partial charge is 0.497 e. The summed E-state index contributed by atoms with van der Waals surface area (Å²) in [6.07, 6.45) is 0. The molecule has 0 radical (unpaired) electrons. The Morgan fingerprint density at radius 3 is 2.75 bits per heavy atom. The van der Waals surface area contributed by atoms with Gasteiger partial charge in [-0.05, 0) is 35.9 Å². The Kier molecular flexibility index (Phi) is 3.16. The maximum atomic E-state index is 13.2. The topological polar surface area (TPSA) is 48.4 Å². The first-order chi connectivity index (χ1) is 9.67. The number of fused-ring (bicyclic) bond motifs is 1. The highest BCUT2D eigenvalue weighted by molar-refractivity contribution is 5.79. The summed E-state index contributed by atoms with van der Waals surface area (Å²) in [4.78, 5) is 0. The highest BCUT2D eigenvalue weighted by atomic mass is 19.1. The molecular formula is C16H14FNO2. The third-order valence-electron chi connectivity index (χ3n) is 3.26. The molecule has 2 aromatic carbocycles. The Morgan fingerprint density at radius 2 is 2.00 bits per heavy atom. The second-order valence-electron chi connectivity index (χ2n) is 4.59. The van der Waals surface area contributed by atoms with Gasteiger partial charge in [-0.3, -0.25) is 0 Å². The average Bonchev–Trinajstić information content (AvgIpc) is 2.89. The summed E-state index contributed by atoms with van der Waals surface area (Å²) in [6.45, 7) is 0. The predicted molar refractivity (Wildman–Crippen MR) is 75.2 cm³/mol. The standard InChI is InChI=1S/C16H14FNO2/c1-19-13-6-5-10-8-15(20-14(10)9-13)16(18)11-3-2-4-12(17)7-11/h2-9,16H,18H2,1H3. The van der Waals surface area contributed by atoms with Gasteiger partial charge in [0, 0.05) is 11.5 Å². The van der Waals surface area contributed by atoms with Crippen molar-refractivity contribution in [1.29, 1.82) is 0 Å². The second kappa shape index (κ2) is 4.98. The molecule has 1 atom stereocenters. The van der Waals surface area contributed by atoms with E-state index in [1.54, 1.807) is 25.3 Å². The first-order valence-electron chi connectivity index (χ1n) is 6.26. The van der Waals surface area contributed by atoms with Gasteiger partial charge in [0.05, 0.1) is 13.2 Å². The lowest BCUT2D eigenvalue weighted by Gasteiger charge is -2.08. The summed E-state index contributed by atoms with van der Waals surface area (Å²) in [6, 6.07) is 13.1. The molecule has 0 aliphatic heterocycles. The van der Waals surface area contributed by atoms with Crippen LogP contribution in [0.3, 0.4) is 0 Å². The van der Waals surface area contributed by atoms with Crippen LogP contribution in [0.5, 0.6) is 5.75 Å². The Morgan fingerprint density at radius 1 is 1.15 bits per heavy atom. The van der Waals surface area contributed by atoms with Crippen molar-refractivity contribution in [3.05, 3.63) is 65.7 Å². The summed E-state index contributed by atoms with van der Waals surface area (Å²) in [7, 11) is 1.60. The lowest BCUT2D eigenvalue weighted by atomic mass is 10.1. The van der Waals surface area contributed by atoms with Crippen molar-refractivity contribution < 1.29 is 13.5 Å². The Balaban J connectivity index is 2.01. The van der Waals surface area contributed by atoms with Crippen LogP contribution in [0.15, 0.2) is 52.9 Å². The third kappa shape index (κ3) is 2.26. The van der Waals surface area contributed by atoms with Crippen molar-refractivity contribution in [3.63, 3.8) is 0 Å².